The van der Waals surface area contributed by atoms with Crippen LogP contribution in [-0.4, -0.2) is 52.4 Å². The van der Waals surface area contributed by atoms with E-state index in [2.05, 4.69) is 5.32 Å². The second kappa shape index (κ2) is 7.03. The molecule has 0 saturated carbocycles. The second-order valence-electron chi connectivity index (χ2n) is 6.78. The van der Waals surface area contributed by atoms with Gasteiger partial charge < -0.3 is 15.0 Å². The maximum absolute atomic E-state index is 12.8. The van der Waals surface area contributed by atoms with Crippen LogP contribution in [0.25, 0.3) is 0 Å². The lowest BCUT2D eigenvalue weighted by molar-refractivity contribution is -0.140. The highest BCUT2D eigenvalue weighted by Gasteiger charge is 2.55. The van der Waals surface area contributed by atoms with E-state index in [-0.39, 0.29) is 31.2 Å². The topological polar surface area (TPSA) is 74.6 Å². The molecule has 2 aliphatic rings. The maximum Gasteiger partial charge on any atom is 0.390 e. The lowest BCUT2D eigenvalue weighted by Crippen LogP contribution is -2.47. The van der Waals surface area contributed by atoms with Gasteiger partial charge >= 0.3 is 6.18 Å². The largest absolute Gasteiger partial charge is 0.396 e. The molecular formula is C17H22F3N3O3. The number of hydrogen-bond acceptors (Lipinski definition) is 4. The van der Waals surface area contributed by atoms with Crippen molar-refractivity contribution in [1.29, 1.82) is 0 Å². The fourth-order valence-corrected chi connectivity index (χ4v) is 4.33. The van der Waals surface area contributed by atoms with E-state index in [1.165, 1.54) is 10.6 Å². The molecule has 2 aliphatic heterocycles. The molecular weight excluding hydrogens is 351 g/mol. The molecule has 1 saturated heterocycles. The second-order valence-corrected chi connectivity index (χ2v) is 6.78. The summed E-state index contributed by atoms with van der Waals surface area (Å²) in [6.45, 7) is 1.72. The lowest BCUT2D eigenvalue weighted by atomic mass is 9.86. The van der Waals surface area contributed by atoms with Gasteiger partial charge in [0.15, 0.2) is 0 Å². The third-order valence-electron chi connectivity index (χ3n) is 5.35. The smallest absolute Gasteiger partial charge is 0.390 e. The van der Waals surface area contributed by atoms with Gasteiger partial charge in [0.1, 0.15) is 0 Å². The molecule has 0 spiro atoms. The monoisotopic (exact) mass is 373 g/mol. The number of hydrogen-bond donors (Lipinski definition) is 2. The van der Waals surface area contributed by atoms with Crippen LogP contribution in [-0.2, 0) is 11.3 Å². The van der Waals surface area contributed by atoms with E-state index in [9.17, 15) is 27.9 Å². The van der Waals surface area contributed by atoms with Crippen LogP contribution < -0.4 is 10.9 Å². The van der Waals surface area contributed by atoms with Crippen molar-refractivity contribution in [2.75, 3.05) is 19.7 Å². The Bertz CT molecular complexity index is 734. The molecule has 1 amide bonds. The Morgan fingerprint density at radius 1 is 1.38 bits per heavy atom. The summed E-state index contributed by atoms with van der Waals surface area (Å²) in [5.74, 6) is -1.53. The van der Waals surface area contributed by atoms with E-state index in [4.69, 9.17) is 0 Å². The average Bonchev–Trinajstić information content (AvgIpc) is 2.79. The van der Waals surface area contributed by atoms with Gasteiger partial charge in [0, 0.05) is 50.0 Å². The Morgan fingerprint density at radius 2 is 2.12 bits per heavy atom. The van der Waals surface area contributed by atoms with Crippen molar-refractivity contribution in [3.63, 3.8) is 0 Å². The maximum atomic E-state index is 12.8. The lowest BCUT2D eigenvalue weighted by Gasteiger charge is -2.38. The molecule has 3 rings (SSSR count). The van der Waals surface area contributed by atoms with E-state index in [1.54, 1.807) is 24.0 Å². The van der Waals surface area contributed by atoms with Crippen LogP contribution in [0.4, 0.5) is 13.2 Å². The van der Waals surface area contributed by atoms with E-state index < -0.39 is 36.5 Å². The van der Waals surface area contributed by atoms with Crippen molar-refractivity contribution in [2.45, 2.75) is 38.1 Å². The molecule has 1 aromatic rings. The molecule has 0 unspecified atom stereocenters. The summed E-state index contributed by atoms with van der Waals surface area (Å²) in [5.41, 5.74) is 0.282. The van der Waals surface area contributed by atoms with Gasteiger partial charge in [0.05, 0.1) is 18.4 Å². The first-order valence-corrected chi connectivity index (χ1v) is 8.69. The van der Waals surface area contributed by atoms with Gasteiger partial charge in [-0.15, -0.1) is 0 Å². The molecule has 2 N–H and O–H groups in total. The van der Waals surface area contributed by atoms with Crippen molar-refractivity contribution in [1.82, 2.24) is 14.8 Å². The Hall–Kier alpha value is -1.87. The molecule has 9 heteroatoms. The highest BCUT2D eigenvalue weighted by molar-refractivity contribution is 5.80. The van der Waals surface area contributed by atoms with Crippen molar-refractivity contribution in [3.05, 3.63) is 34.2 Å². The Kier molecular flexibility index (Phi) is 5.12. The first-order valence-electron chi connectivity index (χ1n) is 8.69. The fourth-order valence-electron chi connectivity index (χ4n) is 4.33. The fraction of sp³-hybridized carbons (Fsp3) is 0.647. The summed E-state index contributed by atoms with van der Waals surface area (Å²) in [5, 5.41) is 12.6. The minimum absolute atomic E-state index is 0.171. The molecule has 26 heavy (non-hydrogen) atoms. The number of halogens is 3. The molecule has 0 radical (unpaired) electrons. The summed E-state index contributed by atoms with van der Waals surface area (Å²) in [6.07, 6.45) is -5.32. The third-order valence-corrected chi connectivity index (χ3v) is 5.35. The van der Waals surface area contributed by atoms with E-state index in [0.717, 1.165) is 0 Å². The minimum Gasteiger partial charge on any atom is -0.396 e. The summed E-state index contributed by atoms with van der Waals surface area (Å²) in [4.78, 5) is 26.5. The standard InChI is InChI=1S/C17H22F3N3O3/c1-2-21-16(26)14-10(9-24)12-8-23-11(4-3-5-13(23)25)15(14)22(12)7-6-17(18,19)20/h3-5,10,12,14-15,24H,2,6-9H2,1H3,(H,21,26)/t10-,12-,14+,15+/m0/s1. The van der Waals surface area contributed by atoms with Crippen molar-refractivity contribution < 1.29 is 23.1 Å². The number of rotatable bonds is 5. The average molecular weight is 373 g/mol. The zero-order valence-electron chi connectivity index (χ0n) is 14.4. The predicted octanol–water partition coefficient (Wildman–Crippen LogP) is 0.900. The first kappa shape index (κ1) is 18.9. The van der Waals surface area contributed by atoms with Crippen LogP contribution in [0.1, 0.15) is 25.1 Å². The number of carbonyl (C=O) groups excluding carboxylic acids is 1. The highest BCUT2D eigenvalue weighted by atomic mass is 19.4. The number of nitrogens with one attached hydrogen (secondary N) is 1. The van der Waals surface area contributed by atoms with Gasteiger partial charge in [-0.05, 0) is 13.0 Å². The van der Waals surface area contributed by atoms with Crippen LogP contribution >= 0.6 is 0 Å². The molecule has 4 atom stereocenters. The van der Waals surface area contributed by atoms with E-state index in [1.807, 2.05) is 0 Å². The van der Waals surface area contributed by atoms with Crippen LogP contribution in [0, 0.1) is 11.8 Å². The zero-order chi connectivity index (χ0) is 19.1. The number of aromatic nitrogens is 1. The molecule has 1 fully saturated rings. The molecule has 3 heterocycles. The van der Waals surface area contributed by atoms with Crippen molar-refractivity contribution >= 4 is 5.91 Å². The number of alkyl halides is 3. The summed E-state index contributed by atoms with van der Waals surface area (Å²) < 4.78 is 39.9. The quantitative estimate of drug-likeness (QED) is 0.804. The van der Waals surface area contributed by atoms with Crippen molar-refractivity contribution in [3.8, 4) is 0 Å². The van der Waals surface area contributed by atoms with Gasteiger partial charge in [-0.2, -0.15) is 13.2 Å². The zero-order valence-corrected chi connectivity index (χ0v) is 14.4. The first-order chi connectivity index (χ1) is 12.3. The van der Waals surface area contributed by atoms with Gasteiger partial charge in [-0.1, -0.05) is 6.07 Å². The Labute approximate surface area is 148 Å². The number of amides is 1. The van der Waals surface area contributed by atoms with Crippen molar-refractivity contribution in [2.24, 2.45) is 11.8 Å². The molecule has 6 nitrogen and oxygen atoms in total. The van der Waals surface area contributed by atoms with Gasteiger partial charge in [0.25, 0.3) is 5.56 Å². The van der Waals surface area contributed by atoms with E-state index in [0.29, 0.717) is 12.2 Å². The summed E-state index contributed by atoms with van der Waals surface area (Å²) in [6, 6.07) is 3.47. The SMILES string of the molecule is CCNC(=O)[C@@H]1[C@@H](CO)[C@@H]2Cn3c(cccc3=O)[C@H]1N2CCC(F)(F)F. The number of carbonyl (C=O) groups is 1. The Balaban J connectivity index is 2.04. The predicted molar refractivity (Wildman–Crippen MR) is 87.4 cm³/mol. The van der Waals surface area contributed by atoms with E-state index >= 15 is 0 Å². The van der Waals surface area contributed by atoms with Gasteiger partial charge in [0.2, 0.25) is 5.91 Å². The number of aliphatic hydroxyl groups is 1. The summed E-state index contributed by atoms with van der Waals surface area (Å²) in [7, 11) is 0. The summed E-state index contributed by atoms with van der Waals surface area (Å²) >= 11 is 0. The third kappa shape index (κ3) is 3.25. The molecule has 0 aliphatic carbocycles. The molecule has 144 valence electrons. The minimum atomic E-state index is -4.32. The van der Waals surface area contributed by atoms with Crippen LogP contribution in [0.3, 0.4) is 0 Å². The normalized spacial score (nSPS) is 28.0. The van der Waals surface area contributed by atoms with Crippen LogP contribution in [0.2, 0.25) is 0 Å². The number of aliphatic hydroxyl groups excluding tert-OH is 1. The molecule has 0 aromatic carbocycles. The van der Waals surface area contributed by atoms with Gasteiger partial charge in [-0.3, -0.25) is 14.5 Å². The number of fused-ring (bicyclic) bond motifs is 4. The number of pyridine rings is 1. The number of nitrogens with zero attached hydrogens (tertiary/aromatic N) is 2. The Morgan fingerprint density at radius 3 is 2.73 bits per heavy atom. The highest BCUT2D eigenvalue weighted by Crippen LogP contribution is 2.48. The van der Waals surface area contributed by atoms with Crippen LogP contribution in [0.5, 0.6) is 0 Å². The molecule has 1 aromatic heterocycles. The van der Waals surface area contributed by atoms with Gasteiger partial charge in [-0.25, -0.2) is 0 Å². The van der Waals surface area contributed by atoms with Crippen LogP contribution in [0.15, 0.2) is 23.0 Å². The molecule has 2 bridgehead atoms.